The highest BCUT2D eigenvalue weighted by atomic mass is 19.3. The summed E-state index contributed by atoms with van der Waals surface area (Å²) in [7, 11) is 0. The first kappa shape index (κ1) is 23.1. The second kappa shape index (κ2) is 10.1. The molecule has 0 saturated carbocycles. The summed E-state index contributed by atoms with van der Waals surface area (Å²) in [4.78, 5) is 8.62. The lowest BCUT2D eigenvalue weighted by Crippen LogP contribution is -2.25. The van der Waals surface area contributed by atoms with Crippen LogP contribution in [-0.4, -0.2) is 23.1 Å². The summed E-state index contributed by atoms with van der Waals surface area (Å²) in [5, 5.41) is 0.897. The zero-order valence-corrected chi connectivity index (χ0v) is 18.4. The average Bonchev–Trinajstić information content (AvgIpc) is 2.75. The molecule has 0 bridgehead atoms. The minimum absolute atomic E-state index is 0.000187. The Morgan fingerprint density at radius 1 is 1.13 bits per heavy atom. The second-order valence-corrected chi connectivity index (χ2v) is 8.99. The summed E-state index contributed by atoms with van der Waals surface area (Å²) in [6, 6.07) is 10.9. The van der Waals surface area contributed by atoms with Crippen molar-refractivity contribution >= 4 is 10.9 Å². The number of alkyl halides is 2. The zero-order chi connectivity index (χ0) is 22.4. The van der Waals surface area contributed by atoms with Crippen molar-refractivity contribution in [1.82, 2.24) is 9.97 Å². The Bertz CT molecular complexity index is 1000. The topological polar surface area (TPSA) is 61.0 Å². The summed E-state index contributed by atoms with van der Waals surface area (Å²) in [5.41, 5.74) is 7.50. The van der Waals surface area contributed by atoms with Crippen LogP contribution < -0.4 is 10.5 Å². The van der Waals surface area contributed by atoms with Gasteiger partial charge in [0.25, 0.3) is 6.43 Å². The molecule has 6 heteroatoms. The van der Waals surface area contributed by atoms with Gasteiger partial charge >= 0.3 is 0 Å². The molecule has 0 saturated heterocycles. The van der Waals surface area contributed by atoms with Crippen LogP contribution in [0, 0.1) is 11.3 Å². The molecule has 0 aliphatic carbocycles. The van der Waals surface area contributed by atoms with Crippen molar-refractivity contribution in [2.24, 2.45) is 17.1 Å². The van der Waals surface area contributed by atoms with Gasteiger partial charge in [-0.05, 0) is 60.9 Å². The fourth-order valence-corrected chi connectivity index (χ4v) is 4.08. The fourth-order valence-electron chi connectivity index (χ4n) is 4.08. The standard InChI is InChI=1S/C25H31F2N3O/c1-17(7-6-11-28)14-25(2,3)16-31-24-21(23(26)27)13-18(15-30-24)19-10-12-29-22-9-5-4-8-20(19)22/h4-5,8-10,12-13,15,17,23H,6-7,11,14,16,28H2,1-3H3. The van der Waals surface area contributed by atoms with Gasteiger partial charge in [0.1, 0.15) is 0 Å². The third-order valence-electron chi connectivity index (χ3n) is 5.48. The number of para-hydroxylation sites is 1. The van der Waals surface area contributed by atoms with Crippen molar-refractivity contribution in [3.63, 3.8) is 0 Å². The van der Waals surface area contributed by atoms with E-state index in [1.165, 1.54) is 6.07 Å². The van der Waals surface area contributed by atoms with E-state index < -0.39 is 6.43 Å². The molecule has 3 aromatic rings. The molecule has 31 heavy (non-hydrogen) atoms. The van der Waals surface area contributed by atoms with Gasteiger partial charge in [0.2, 0.25) is 5.88 Å². The Labute approximate surface area is 182 Å². The van der Waals surface area contributed by atoms with Crippen LogP contribution in [0.4, 0.5) is 8.78 Å². The number of hydrogen-bond acceptors (Lipinski definition) is 4. The highest BCUT2D eigenvalue weighted by molar-refractivity contribution is 5.94. The van der Waals surface area contributed by atoms with E-state index in [0.29, 0.717) is 24.6 Å². The van der Waals surface area contributed by atoms with E-state index in [4.69, 9.17) is 10.5 Å². The Morgan fingerprint density at radius 2 is 1.90 bits per heavy atom. The molecular weight excluding hydrogens is 396 g/mol. The van der Waals surface area contributed by atoms with Crippen LogP contribution in [0.5, 0.6) is 5.88 Å². The van der Waals surface area contributed by atoms with Gasteiger partial charge in [0.15, 0.2) is 0 Å². The van der Waals surface area contributed by atoms with Gasteiger partial charge in [-0.2, -0.15) is 0 Å². The quantitative estimate of drug-likeness (QED) is 0.406. The number of fused-ring (bicyclic) bond motifs is 1. The second-order valence-electron chi connectivity index (χ2n) is 8.99. The van der Waals surface area contributed by atoms with Crippen LogP contribution in [0.15, 0.2) is 48.8 Å². The number of pyridine rings is 2. The Morgan fingerprint density at radius 3 is 2.65 bits per heavy atom. The van der Waals surface area contributed by atoms with Crippen LogP contribution in [0.25, 0.3) is 22.0 Å². The normalized spacial score (nSPS) is 13.0. The molecule has 0 aliphatic heterocycles. The predicted octanol–water partition coefficient (Wildman–Crippen LogP) is 6.40. The maximum absolute atomic E-state index is 13.9. The van der Waals surface area contributed by atoms with Gasteiger partial charge in [0, 0.05) is 23.3 Å². The van der Waals surface area contributed by atoms with E-state index in [1.54, 1.807) is 12.4 Å². The number of nitrogens with zero attached hydrogens (tertiary/aromatic N) is 2. The lowest BCUT2D eigenvalue weighted by molar-refractivity contribution is 0.121. The smallest absolute Gasteiger partial charge is 0.269 e. The number of nitrogens with two attached hydrogens (primary N) is 1. The molecule has 1 aromatic carbocycles. The minimum Gasteiger partial charge on any atom is -0.477 e. The molecule has 0 aliphatic rings. The SMILES string of the molecule is CC(CCCN)CC(C)(C)COc1ncc(-c2ccnc3ccccc23)cc1C(F)F. The van der Waals surface area contributed by atoms with Crippen molar-refractivity contribution in [3.05, 3.63) is 54.4 Å². The minimum atomic E-state index is -2.68. The number of halogens is 2. The average molecular weight is 428 g/mol. The third kappa shape index (κ3) is 5.97. The first-order valence-corrected chi connectivity index (χ1v) is 10.8. The maximum atomic E-state index is 13.9. The van der Waals surface area contributed by atoms with Crippen molar-refractivity contribution in [1.29, 1.82) is 0 Å². The van der Waals surface area contributed by atoms with E-state index in [-0.39, 0.29) is 16.9 Å². The highest BCUT2D eigenvalue weighted by Crippen LogP contribution is 2.35. The monoisotopic (exact) mass is 427 g/mol. The van der Waals surface area contributed by atoms with Crippen molar-refractivity contribution in [2.45, 2.75) is 46.5 Å². The molecule has 166 valence electrons. The van der Waals surface area contributed by atoms with E-state index in [1.807, 2.05) is 30.3 Å². The molecule has 1 unspecified atom stereocenters. The molecular formula is C25H31F2N3O. The molecule has 2 heterocycles. The van der Waals surface area contributed by atoms with Crippen LogP contribution in [0.2, 0.25) is 0 Å². The zero-order valence-electron chi connectivity index (χ0n) is 18.4. The van der Waals surface area contributed by atoms with Gasteiger partial charge in [0.05, 0.1) is 17.7 Å². The summed E-state index contributed by atoms with van der Waals surface area (Å²) in [5.74, 6) is 0.492. The lowest BCUT2D eigenvalue weighted by Gasteiger charge is -2.28. The molecule has 2 N–H and O–H groups in total. The molecule has 0 fully saturated rings. The third-order valence-corrected chi connectivity index (χ3v) is 5.48. The number of ether oxygens (including phenoxy) is 1. The van der Waals surface area contributed by atoms with E-state index in [0.717, 1.165) is 35.7 Å². The number of hydrogen-bond donors (Lipinski definition) is 1. The Balaban J connectivity index is 1.81. The maximum Gasteiger partial charge on any atom is 0.269 e. The first-order chi connectivity index (χ1) is 14.8. The van der Waals surface area contributed by atoms with Crippen LogP contribution in [0.3, 0.4) is 0 Å². The number of rotatable bonds is 10. The Hall–Kier alpha value is -2.60. The highest BCUT2D eigenvalue weighted by Gasteiger charge is 2.24. The molecule has 0 radical (unpaired) electrons. The first-order valence-electron chi connectivity index (χ1n) is 10.8. The Kier molecular flexibility index (Phi) is 7.55. The van der Waals surface area contributed by atoms with Gasteiger partial charge in [-0.3, -0.25) is 4.98 Å². The summed E-state index contributed by atoms with van der Waals surface area (Å²) in [6.45, 7) is 7.37. The molecule has 3 rings (SSSR count). The van der Waals surface area contributed by atoms with Crippen molar-refractivity contribution in [3.8, 4) is 17.0 Å². The van der Waals surface area contributed by atoms with Crippen LogP contribution in [0.1, 0.15) is 52.0 Å². The van der Waals surface area contributed by atoms with Gasteiger partial charge in [-0.25, -0.2) is 13.8 Å². The fraction of sp³-hybridized carbons (Fsp3) is 0.440. The van der Waals surface area contributed by atoms with E-state index >= 15 is 0 Å². The van der Waals surface area contributed by atoms with Crippen LogP contribution in [-0.2, 0) is 0 Å². The van der Waals surface area contributed by atoms with Crippen molar-refractivity contribution < 1.29 is 13.5 Å². The van der Waals surface area contributed by atoms with E-state index in [2.05, 4.69) is 30.7 Å². The summed E-state index contributed by atoms with van der Waals surface area (Å²) in [6.07, 6.45) is 3.56. The van der Waals surface area contributed by atoms with E-state index in [9.17, 15) is 8.78 Å². The van der Waals surface area contributed by atoms with Crippen molar-refractivity contribution in [2.75, 3.05) is 13.2 Å². The lowest BCUT2D eigenvalue weighted by atomic mass is 9.82. The molecule has 0 spiro atoms. The predicted molar refractivity (Wildman–Crippen MR) is 121 cm³/mol. The molecule has 1 atom stereocenters. The largest absolute Gasteiger partial charge is 0.477 e. The van der Waals surface area contributed by atoms with Gasteiger partial charge < -0.3 is 10.5 Å². The van der Waals surface area contributed by atoms with Gasteiger partial charge in [-0.1, -0.05) is 39.0 Å². The summed E-state index contributed by atoms with van der Waals surface area (Å²) >= 11 is 0. The van der Waals surface area contributed by atoms with Crippen LogP contribution >= 0.6 is 0 Å². The molecule has 2 aromatic heterocycles. The molecule has 4 nitrogen and oxygen atoms in total. The number of aromatic nitrogens is 2. The molecule has 0 amide bonds. The van der Waals surface area contributed by atoms with Gasteiger partial charge in [-0.15, -0.1) is 0 Å². The number of benzene rings is 1. The summed E-state index contributed by atoms with van der Waals surface area (Å²) < 4.78 is 33.5.